The molecule has 1 saturated carbocycles. The number of fused-ring (bicyclic) bond motifs is 1. The van der Waals surface area contributed by atoms with Crippen LogP contribution in [0.1, 0.15) is 94.6 Å². The Kier molecular flexibility index (Phi) is 9.09. The highest BCUT2D eigenvalue weighted by molar-refractivity contribution is 5.70. The third kappa shape index (κ3) is 6.27. The number of aryl methyl sites for hydroxylation is 1. The molecular weight excluding hydrogens is 545 g/mol. The molecule has 5 rings (SSSR count). The number of aliphatic hydroxyl groups is 1. The molecule has 1 N–H and O–H groups in total. The summed E-state index contributed by atoms with van der Waals surface area (Å²) in [6, 6.07) is 14.1. The van der Waals surface area contributed by atoms with E-state index in [1.807, 2.05) is 19.9 Å². The summed E-state index contributed by atoms with van der Waals surface area (Å²) in [5.41, 5.74) is 2.36. The van der Waals surface area contributed by atoms with Crippen LogP contribution in [0, 0.1) is 17.1 Å². The molecule has 0 amide bonds. The summed E-state index contributed by atoms with van der Waals surface area (Å²) < 4.78 is 25.4. The Balaban J connectivity index is 1.48. The minimum atomic E-state index is -0.924. The first-order chi connectivity index (χ1) is 20.7. The smallest absolute Gasteiger partial charge is 0.259 e. The number of hydrogen-bond donors (Lipinski definition) is 1. The van der Waals surface area contributed by atoms with E-state index in [4.69, 9.17) is 4.74 Å². The number of halogens is 1. The average molecular weight is 586 g/mol. The maximum Gasteiger partial charge on any atom is 0.259 e. The summed E-state index contributed by atoms with van der Waals surface area (Å²) in [5, 5.41) is 24.5. The summed E-state index contributed by atoms with van der Waals surface area (Å²) in [6.07, 6.45) is 6.44. The van der Waals surface area contributed by atoms with Crippen LogP contribution in [-0.4, -0.2) is 42.1 Å². The molecule has 0 bridgehead atoms. The first-order valence-electron chi connectivity index (χ1n) is 15.3. The molecule has 226 valence electrons. The normalized spacial score (nSPS) is 18.1. The largest absolute Gasteiger partial charge is 0.388 e. The van der Waals surface area contributed by atoms with Gasteiger partial charge in [0.2, 0.25) is 5.78 Å². The van der Waals surface area contributed by atoms with Crippen molar-refractivity contribution in [3.05, 3.63) is 87.3 Å². The number of nitrogens with zero attached hydrogens (tertiary/aromatic N) is 5. The quantitative estimate of drug-likeness (QED) is 0.239. The van der Waals surface area contributed by atoms with Crippen LogP contribution >= 0.6 is 0 Å². The lowest BCUT2D eigenvalue weighted by Crippen LogP contribution is -2.41. The van der Waals surface area contributed by atoms with Crippen LogP contribution in [0.25, 0.3) is 16.9 Å². The van der Waals surface area contributed by atoms with Gasteiger partial charge in [0.1, 0.15) is 12.1 Å². The zero-order valence-electron chi connectivity index (χ0n) is 25.4. The van der Waals surface area contributed by atoms with E-state index in [1.54, 1.807) is 53.3 Å². The van der Waals surface area contributed by atoms with Gasteiger partial charge in [0.25, 0.3) is 5.56 Å². The molecule has 1 aliphatic rings. The van der Waals surface area contributed by atoms with Crippen LogP contribution in [0.2, 0.25) is 0 Å². The second-order valence-electron chi connectivity index (χ2n) is 12.1. The van der Waals surface area contributed by atoms with Crippen molar-refractivity contribution in [1.29, 1.82) is 5.26 Å². The molecule has 1 unspecified atom stereocenters. The maximum atomic E-state index is 15.6. The molecule has 0 spiro atoms. The number of aromatic nitrogens is 4. The molecule has 2 aromatic heterocycles. The molecule has 2 heterocycles. The highest BCUT2D eigenvalue weighted by atomic mass is 19.1. The molecule has 1 aliphatic carbocycles. The van der Waals surface area contributed by atoms with E-state index < -0.39 is 11.4 Å². The standard InChI is InChI=1S/C34H40FN5O3/c1-5-9-30-28(18-23-13-12-22(19-29(23)35)27-11-8-7-10-24(27)20-36)32(41)39(33-37-21-38-40(30)33)25-14-16-26(17-15-25)43-31(6-2)34(3,4)42/h7-8,10-13,19,21,25-26,31,42H,5-6,9,14-18H2,1-4H3. The number of benzene rings is 2. The van der Waals surface area contributed by atoms with Crippen molar-refractivity contribution in [3.63, 3.8) is 0 Å². The van der Waals surface area contributed by atoms with Gasteiger partial charge in [-0.2, -0.15) is 15.3 Å². The van der Waals surface area contributed by atoms with E-state index in [0.29, 0.717) is 46.4 Å². The van der Waals surface area contributed by atoms with Crippen LogP contribution in [0.4, 0.5) is 4.39 Å². The Morgan fingerprint density at radius 3 is 2.56 bits per heavy atom. The van der Waals surface area contributed by atoms with E-state index in [0.717, 1.165) is 37.8 Å². The molecule has 43 heavy (non-hydrogen) atoms. The van der Waals surface area contributed by atoms with Crippen LogP contribution in [0.5, 0.6) is 0 Å². The summed E-state index contributed by atoms with van der Waals surface area (Å²) in [4.78, 5) is 18.7. The van der Waals surface area contributed by atoms with Gasteiger partial charge in [-0.25, -0.2) is 8.91 Å². The van der Waals surface area contributed by atoms with Gasteiger partial charge in [0.15, 0.2) is 0 Å². The van der Waals surface area contributed by atoms with Crippen LogP contribution in [-0.2, 0) is 17.6 Å². The lowest BCUT2D eigenvalue weighted by Gasteiger charge is -2.36. The van der Waals surface area contributed by atoms with E-state index in [-0.39, 0.29) is 30.2 Å². The maximum absolute atomic E-state index is 15.6. The van der Waals surface area contributed by atoms with Crippen LogP contribution in [0.3, 0.4) is 0 Å². The summed E-state index contributed by atoms with van der Waals surface area (Å²) in [5.74, 6) is 0.0840. The van der Waals surface area contributed by atoms with Crippen molar-refractivity contribution in [2.45, 2.75) is 103 Å². The average Bonchev–Trinajstić information content (AvgIpc) is 3.48. The second-order valence-corrected chi connectivity index (χ2v) is 12.1. The second kappa shape index (κ2) is 12.8. The Morgan fingerprint density at radius 1 is 1.16 bits per heavy atom. The Hall–Kier alpha value is -3.87. The van der Waals surface area contributed by atoms with Crippen molar-refractivity contribution in [3.8, 4) is 17.2 Å². The van der Waals surface area contributed by atoms with Gasteiger partial charge in [-0.3, -0.25) is 9.36 Å². The molecule has 0 radical (unpaired) electrons. The molecule has 1 fully saturated rings. The van der Waals surface area contributed by atoms with Crippen molar-refractivity contribution in [2.24, 2.45) is 0 Å². The molecule has 2 aromatic carbocycles. The fraction of sp³-hybridized carbons (Fsp3) is 0.471. The minimum absolute atomic E-state index is 0.00910. The molecule has 8 nitrogen and oxygen atoms in total. The van der Waals surface area contributed by atoms with Gasteiger partial charge in [0, 0.05) is 18.0 Å². The third-order valence-corrected chi connectivity index (χ3v) is 8.62. The Labute approximate surface area is 251 Å². The monoisotopic (exact) mass is 585 g/mol. The van der Waals surface area contributed by atoms with E-state index in [9.17, 15) is 15.2 Å². The van der Waals surface area contributed by atoms with Crippen molar-refractivity contribution < 1.29 is 14.2 Å². The zero-order valence-corrected chi connectivity index (χ0v) is 25.4. The fourth-order valence-electron chi connectivity index (χ4n) is 6.39. The van der Waals surface area contributed by atoms with E-state index in [2.05, 4.69) is 16.2 Å². The van der Waals surface area contributed by atoms with Crippen molar-refractivity contribution in [1.82, 2.24) is 19.2 Å². The van der Waals surface area contributed by atoms with Gasteiger partial charge in [0.05, 0.1) is 35.1 Å². The number of nitriles is 1. The third-order valence-electron chi connectivity index (χ3n) is 8.62. The zero-order chi connectivity index (χ0) is 30.7. The first-order valence-corrected chi connectivity index (χ1v) is 15.3. The van der Waals surface area contributed by atoms with Crippen molar-refractivity contribution >= 4 is 5.78 Å². The lowest BCUT2D eigenvalue weighted by atomic mass is 9.91. The van der Waals surface area contributed by atoms with Crippen molar-refractivity contribution in [2.75, 3.05) is 0 Å². The molecule has 1 atom stereocenters. The van der Waals surface area contributed by atoms with Gasteiger partial charge in [-0.1, -0.05) is 50.6 Å². The SMILES string of the molecule is CCCc1c(Cc2ccc(-c3ccccc3C#N)cc2F)c(=O)n(C2CCC(OC(CC)C(C)(C)O)CC2)c2ncnn12. The number of rotatable bonds is 10. The number of ether oxygens (including phenoxy) is 1. The predicted molar refractivity (Wildman–Crippen MR) is 163 cm³/mol. The predicted octanol–water partition coefficient (Wildman–Crippen LogP) is 6.16. The molecule has 9 heteroatoms. The molecule has 4 aromatic rings. The lowest BCUT2D eigenvalue weighted by molar-refractivity contribution is -0.128. The van der Waals surface area contributed by atoms with Gasteiger partial charge in [-0.05, 0) is 81.2 Å². The van der Waals surface area contributed by atoms with Gasteiger partial charge < -0.3 is 9.84 Å². The topological polar surface area (TPSA) is 105 Å². The van der Waals surface area contributed by atoms with Gasteiger partial charge in [-0.15, -0.1) is 0 Å². The van der Waals surface area contributed by atoms with E-state index in [1.165, 1.54) is 12.4 Å². The number of hydrogen-bond acceptors (Lipinski definition) is 6. The first kappa shape index (κ1) is 30.6. The molecular formula is C34H40FN5O3. The summed E-state index contributed by atoms with van der Waals surface area (Å²) in [7, 11) is 0. The summed E-state index contributed by atoms with van der Waals surface area (Å²) >= 11 is 0. The summed E-state index contributed by atoms with van der Waals surface area (Å²) in [6.45, 7) is 7.60. The van der Waals surface area contributed by atoms with Crippen LogP contribution in [0.15, 0.2) is 53.6 Å². The molecule has 0 saturated heterocycles. The molecule has 0 aliphatic heterocycles. The Bertz CT molecular complexity index is 1690. The fourth-order valence-corrected chi connectivity index (χ4v) is 6.39. The Morgan fingerprint density at radius 2 is 1.91 bits per heavy atom. The van der Waals surface area contributed by atoms with Crippen LogP contribution < -0.4 is 5.56 Å². The highest BCUT2D eigenvalue weighted by Gasteiger charge is 2.33. The van der Waals surface area contributed by atoms with Gasteiger partial charge >= 0.3 is 0 Å². The van der Waals surface area contributed by atoms with E-state index >= 15 is 4.39 Å². The minimum Gasteiger partial charge on any atom is -0.388 e. The highest BCUT2D eigenvalue weighted by Crippen LogP contribution is 2.33.